The van der Waals surface area contributed by atoms with Crippen molar-refractivity contribution in [3.05, 3.63) is 109 Å². The zero-order chi connectivity index (χ0) is 30.3. The summed E-state index contributed by atoms with van der Waals surface area (Å²) in [5.74, 6) is 0.405. The fraction of sp³-hybridized carbons (Fsp3) is 0.294. The van der Waals surface area contributed by atoms with Crippen LogP contribution in [0.1, 0.15) is 68.7 Å². The van der Waals surface area contributed by atoms with Crippen LogP contribution in [0.3, 0.4) is 0 Å². The van der Waals surface area contributed by atoms with Crippen LogP contribution in [0.15, 0.2) is 65.7 Å². The van der Waals surface area contributed by atoms with E-state index in [0.29, 0.717) is 16.3 Å². The molecule has 0 aliphatic heterocycles. The third-order valence-corrected chi connectivity index (χ3v) is 8.91. The molecule has 1 N–H and O–H groups in total. The highest BCUT2D eigenvalue weighted by Gasteiger charge is 2.25. The number of carbonyl (C=O) groups excluding carboxylic acids is 1. The molecule has 1 aliphatic carbocycles. The number of nitro benzene ring substituents is 1. The minimum Gasteiger partial charge on any atom is -0.493 e. The molecular formula is C34H35N3O5S. The average molecular weight is 598 g/mol. The Morgan fingerprint density at radius 3 is 2.49 bits per heavy atom. The third kappa shape index (κ3) is 7.11. The Morgan fingerprint density at radius 2 is 1.77 bits per heavy atom. The van der Waals surface area contributed by atoms with Gasteiger partial charge < -0.3 is 14.8 Å². The van der Waals surface area contributed by atoms with Crippen LogP contribution in [-0.2, 0) is 19.4 Å². The lowest BCUT2D eigenvalue weighted by atomic mass is 9.96. The molecule has 0 saturated heterocycles. The normalized spacial score (nSPS) is 13.2. The molecule has 0 spiro atoms. The highest BCUT2D eigenvalue weighted by molar-refractivity contribution is 7.16. The largest absolute Gasteiger partial charge is 0.493 e. The summed E-state index contributed by atoms with van der Waals surface area (Å²) < 4.78 is 11.4. The lowest BCUT2D eigenvalue weighted by Gasteiger charge is -2.12. The summed E-state index contributed by atoms with van der Waals surface area (Å²) in [5, 5.41) is 15.7. The average Bonchev–Trinajstić information content (AvgIpc) is 3.33. The molecule has 222 valence electrons. The Kier molecular flexibility index (Phi) is 9.51. The van der Waals surface area contributed by atoms with Crippen molar-refractivity contribution < 1.29 is 19.2 Å². The molecule has 0 fully saturated rings. The van der Waals surface area contributed by atoms with E-state index < -0.39 is 4.92 Å². The van der Waals surface area contributed by atoms with E-state index in [2.05, 4.69) is 5.32 Å². The van der Waals surface area contributed by atoms with Gasteiger partial charge in [-0.25, -0.2) is 4.99 Å². The molecule has 1 amide bonds. The molecule has 0 atom stereocenters. The van der Waals surface area contributed by atoms with Crippen molar-refractivity contribution in [2.24, 2.45) is 4.99 Å². The van der Waals surface area contributed by atoms with Gasteiger partial charge in [0, 0.05) is 16.8 Å². The van der Waals surface area contributed by atoms with Crippen LogP contribution in [0.5, 0.6) is 11.5 Å². The van der Waals surface area contributed by atoms with E-state index in [4.69, 9.17) is 14.5 Å². The lowest BCUT2D eigenvalue weighted by molar-refractivity contribution is -0.385. The van der Waals surface area contributed by atoms with Crippen molar-refractivity contribution in [3.63, 3.8) is 0 Å². The molecule has 1 aliphatic rings. The van der Waals surface area contributed by atoms with E-state index >= 15 is 0 Å². The van der Waals surface area contributed by atoms with E-state index in [-0.39, 0.29) is 29.5 Å². The van der Waals surface area contributed by atoms with Gasteiger partial charge in [-0.3, -0.25) is 14.9 Å². The molecule has 8 nitrogen and oxygen atoms in total. The second-order valence-electron chi connectivity index (χ2n) is 10.7. The number of anilines is 1. The number of hydrogen-bond acceptors (Lipinski definition) is 7. The van der Waals surface area contributed by atoms with E-state index in [1.807, 2.05) is 62.4 Å². The van der Waals surface area contributed by atoms with Gasteiger partial charge in [0.05, 0.1) is 29.2 Å². The van der Waals surface area contributed by atoms with E-state index in [1.54, 1.807) is 6.07 Å². The maximum absolute atomic E-state index is 13.8. The number of rotatable bonds is 9. The monoisotopic (exact) mass is 597 g/mol. The summed E-state index contributed by atoms with van der Waals surface area (Å²) in [7, 11) is 1.49. The van der Waals surface area contributed by atoms with Crippen molar-refractivity contribution in [3.8, 4) is 11.5 Å². The van der Waals surface area contributed by atoms with Gasteiger partial charge in [-0.2, -0.15) is 0 Å². The van der Waals surface area contributed by atoms with Crippen molar-refractivity contribution in [1.82, 2.24) is 0 Å². The number of nitrogens with zero attached hydrogens (tertiary/aromatic N) is 2. The first kappa shape index (κ1) is 30.0. The molecule has 0 saturated carbocycles. The summed E-state index contributed by atoms with van der Waals surface area (Å²) in [6, 6.07) is 18.3. The fourth-order valence-electron chi connectivity index (χ4n) is 5.21. The fourth-order valence-corrected chi connectivity index (χ4v) is 6.44. The Balaban J connectivity index is 1.50. The number of aryl methyl sites for hydroxylation is 3. The summed E-state index contributed by atoms with van der Waals surface area (Å²) >= 11 is 1.50. The van der Waals surface area contributed by atoms with Crippen LogP contribution in [0.4, 0.5) is 16.4 Å². The molecule has 43 heavy (non-hydrogen) atoms. The van der Waals surface area contributed by atoms with Gasteiger partial charge >= 0.3 is 0 Å². The lowest BCUT2D eigenvalue weighted by Crippen LogP contribution is -2.14. The number of ether oxygens (including phenoxy) is 2. The SMILES string of the molecule is COc1cc(C=Nc2sc3c(c2C(=O)Nc2ccc(C)c(C)c2)CCCCCC3)c([N+](=O)[O-])cc1OCc1ccccc1. The highest BCUT2D eigenvalue weighted by atomic mass is 32.1. The summed E-state index contributed by atoms with van der Waals surface area (Å²) in [6.45, 7) is 4.28. The molecule has 4 aromatic rings. The predicted molar refractivity (Wildman–Crippen MR) is 172 cm³/mol. The maximum atomic E-state index is 13.8. The van der Waals surface area contributed by atoms with Crippen LogP contribution in [0, 0.1) is 24.0 Å². The minimum atomic E-state index is -0.461. The molecule has 0 radical (unpaired) electrons. The first-order chi connectivity index (χ1) is 20.8. The van der Waals surface area contributed by atoms with Crippen molar-refractivity contribution in [2.45, 2.75) is 59.0 Å². The Bertz CT molecular complexity index is 1660. The van der Waals surface area contributed by atoms with Gasteiger partial charge in [-0.05, 0) is 80.0 Å². The number of methoxy groups -OCH3 is 1. The predicted octanol–water partition coefficient (Wildman–Crippen LogP) is 8.52. The first-order valence-corrected chi connectivity index (χ1v) is 15.3. The standard InChI is InChI=1S/C34H35N3O5S/c1-22-15-16-26(17-23(22)2)36-33(38)32-27-13-9-4-5-10-14-31(27)43-34(32)35-20-25-18-29(41-3)30(19-28(25)37(39)40)42-21-24-11-7-6-8-12-24/h6-8,11-12,15-20H,4-5,9-10,13-14,21H2,1-3H3,(H,36,38). The molecule has 3 aromatic carbocycles. The highest BCUT2D eigenvalue weighted by Crippen LogP contribution is 2.40. The molecule has 1 aromatic heterocycles. The smallest absolute Gasteiger partial charge is 0.282 e. The van der Waals surface area contributed by atoms with Crippen LogP contribution in [-0.4, -0.2) is 24.2 Å². The zero-order valence-corrected chi connectivity index (χ0v) is 25.5. The Hall–Kier alpha value is -4.50. The summed E-state index contributed by atoms with van der Waals surface area (Å²) in [6.07, 6.45) is 7.49. The number of aliphatic imine (C=N–C) groups is 1. The number of amides is 1. The minimum absolute atomic E-state index is 0.163. The third-order valence-electron chi connectivity index (χ3n) is 7.71. The number of nitro groups is 1. The Morgan fingerprint density at radius 1 is 1.00 bits per heavy atom. The van der Waals surface area contributed by atoms with Crippen molar-refractivity contribution in [2.75, 3.05) is 12.4 Å². The summed E-state index contributed by atoms with van der Waals surface area (Å²) in [5.41, 5.74) is 5.58. The van der Waals surface area contributed by atoms with E-state index in [1.165, 1.54) is 30.7 Å². The molecule has 9 heteroatoms. The van der Waals surface area contributed by atoms with Gasteiger partial charge in [0.2, 0.25) is 0 Å². The maximum Gasteiger partial charge on any atom is 0.282 e. The number of benzene rings is 3. The zero-order valence-electron chi connectivity index (χ0n) is 24.6. The molecule has 0 bridgehead atoms. The molecule has 1 heterocycles. The van der Waals surface area contributed by atoms with Crippen LogP contribution in [0.25, 0.3) is 0 Å². The van der Waals surface area contributed by atoms with Gasteiger partial charge in [0.15, 0.2) is 11.5 Å². The second kappa shape index (κ2) is 13.6. The molecule has 5 rings (SSSR count). The van der Waals surface area contributed by atoms with Gasteiger partial charge in [-0.1, -0.05) is 49.2 Å². The quantitative estimate of drug-likeness (QED) is 0.118. The van der Waals surface area contributed by atoms with E-state index in [0.717, 1.165) is 71.3 Å². The van der Waals surface area contributed by atoms with Gasteiger partial charge in [0.1, 0.15) is 11.6 Å². The number of fused-ring (bicyclic) bond motifs is 1. The van der Waals surface area contributed by atoms with Crippen molar-refractivity contribution in [1.29, 1.82) is 0 Å². The number of thiophene rings is 1. The van der Waals surface area contributed by atoms with E-state index in [9.17, 15) is 14.9 Å². The van der Waals surface area contributed by atoms with Crippen LogP contribution < -0.4 is 14.8 Å². The van der Waals surface area contributed by atoms with Crippen LogP contribution in [0.2, 0.25) is 0 Å². The molecule has 0 unspecified atom stereocenters. The second-order valence-corrected chi connectivity index (χ2v) is 11.8. The van der Waals surface area contributed by atoms with Crippen LogP contribution >= 0.6 is 11.3 Å². The first-order valence-electron chi connectivity index (χ1n) is 14.4. The molecular weight excluding hydrogens is 562 g/mol. The van der Waals surface area contributed by atoms with Crippen molar-refractivity contribution >= 4 is 39.8 Å². The summed E-state index contributed by atoms with van der Waals surface area (Å²) in [4.78, 5) is 31.3. The topological polar surface area (TPSA) is 103 Å². The number of nitrogens with one attached hydrogen (secondary N) is 1. The van der Waals surface area contributed by atoms with Gasteiger partial charge in [0.25, 0.3) is 11.6 Å². The number of hydrogen-bond donors (Lipinski definition) is 1. The Labute approximate surface area is 255 Å². The van der Waals surface area contributed by atoms with Gasteiger partial charge in [-0.15, -0.1) is 11.3 Å². The number of carbonyl (C=O) groups is 1.